The summed E-state index contributed by atoms with van der Waals surface area (Å²) in [5, 5.41) is 5.41. The van der Waals surface area contributed by atoms with E-state index in [1.54, 1.807) is 36.0 Å². The highest BCUT2D eigenvalue weighted by molar-refractivity contribution is 7.99. The molecule has 0 aliphatic heterocycles. The third kappa shape index (κ3) is 3.60. The molecule has 7 heteroatoms. The van der Waals surface area contributed by atoms with Crippen LogP contribution >= 0.6 is 23.4 Å². The topological polar surface area (TPSA) is 57.0 Å². The highest BCUT2D eigenvalue weighted by atomic mass is 35.5. The van der Waals surface area contributed by atoms with Gasteiger partial charge in [-0.05, 0) is 31.2 Å². The number of hydrogen-bond acceptors (Lipinski definition) is 5. The second kappa shape index (κ2) is 7.51. The lowest BCUT2D eigenvalue weighted by Gasteiger charge is -2.07. The van der Waals surface area contributed by atoms with Crippen LogP contribution in [0, 0.1) is 0 Å². The molecule has 2 heterocycles. The number of carbonyl (C=O) groups excluding carboxylic acids is 1. The molecule has 3 rings (SSSR count). The van der Waals surface area contributed by atoms with Crippen molar-refractivity contribution in [1.82, 2.24) is 14.8 Å². The predicted molar refractivity (Wildman–Crippen MR) is 92.9 cm³/mol. The number of esters is 1. The van der Waals surface area contributed by atoms with E-state index < -0.39 is 5.97 Å². The fourth-order valence-corrected chi connectivity index (χ4v) is 3.19. The number of hydrogen-bond donors (Lipinski definition) is 0. The van der Waals surface area contributed by atoms with Crippen molar-refractivity contribution in [3.63, 3.8) is 0 Å². The molecule has 0 bridgehead atoms. The maximum absolute atomic E-state index is 12.0. The second-order valence-electron chi connectivity index (χ2n) is 4.73. The second-order valence-corrected chi connectivity index (χ2v) is 6.18. The van der Waals surface area contributed by atoms with E-state index in [1.807, 2.05) is 30.3 Å². The van der Waals surface area contributed by atoms with Crippen LogP contribution in [0.3, 0.4) is 0 Å². The average Bonchev–Trinajstić information content (AvgIpc) is 3.00. The molecule has 3 aromatic rings. The zero-order chi connectivity index (χ0) is 16.9. The summed E-state index contributed by atoms with van der Waals surface area (Å²) in [6, 6.07) is 15.1. The van der Waals surface area contributed by atoms with E-state index >= 15 is 0 Å². The number of rotatable bonds is 5. The quantitative estimate of drug-likeness (QED) is 0.503. The molecule has 24 heavy (non-hydrogen) atoms. The van der Waals surface area contributed by atoms with Crippen molar-refractivity contribution in [1.29, 1.82) is 0 Å². The SMILES string of the molecule is CCOC(=O)c1cc(Sc2ccccc2)n(-c2cccnc2Cl)n1. The minimum atomic E-state index is -0.467. The van der Waals surface area contributed by atoms with E-state index in [9.17, 15) is 4.79 Å². The van der Waals surface area contributed by atoms with Crippen molar-refractivity contribution in [2.75, 3.05) is 6.61 Å². The maximum Gasteiger partial charge on any atom is 0.358 e. The molecule has 0 spiro atoms. The Kier molecular flexibility index (Phi) is 5.17. The average molecular weight is 360 g/mol. The van der Waals surface area contributed by atoms with E-state index in [0.717, 1.165) is 9.92 Å². The first kappa shape index (κ1) is 16.5. The molecule has 0 atom stereocenters. The van der Waals surface area contributed by atoms with E-state index in [4.69, 9.17) is 16.3 Å². The van der Waals surface area contributed by atoms with Crippen LogP contribution < -0.4 is 0 Å². The van der Waals surface area contributed by atoms with Crippen LogP contribution in [-0.2, 0) is 4.74 Å². The van der Waals surface area contributed by atoms with E-state index in [0.29, 0.717) is 17.4 Å². The van der Waals surface area contributed by atoms with Crippen molar-refractivity contribution in [3.8, 4) is 5.69 Å². The van der Waals surface area contributed by atoms with Gasteiger partial charge in [0.25, 0.3) is 0 Å². The molecule has 2 aromatic heterocycles. The summed E-state index contributed by atoms with van der Waals surface area (Å²) in [6.45, 7) is 2.05. The summed E-state index contributed by atoms with van der Waals surface area (Å²) in [4.78, 5) is 17.1. The van der Waals surface area contributed by atoms with Crippen LogP contribution in [0.5, 0.6) is 0 Å². The molecule has 0 amide bonds. The fraction of sp³-hybridized carbons (Fsp3) is 0.118. The van der Waals surface area contributed by atoms with Crippen LogP contribution in [0.1, 0.15) is 17.4 Å². The lowest BCUT2D eigenvalue weighted by atomic mass is 10.4. The highest BCUT2D eigenvalue weighted by Gasteiger charge is 2.18. The van der Waals surface area contributed by atoms with Gasteiger partial charge in [-0.25, -0.2) is 14.5 Å². The molecule has 0 aliphatic rings. The highest BCUT2D eigenvalue weighted by Crippen LogP contribution is 2.31. The Hall–Kier alpha value is -2.31. The Balaban J connectivity index is 2.05. The number of aromatic nitrogens is 3. The summed E-state index contributed by atoms with van der Waals surface area (Å²) < 4.78 is 6.65. The van der Waals surface area contributed by atoms with Gasteiger partial charge in [-0.3, -0.25) is 0 Å². The first-order chi connectivity index (χ1) is 11.7. The van der Waals surface area contributed by atoms with E-state index in [-0.39, 0.29) is 5.69 Å². The maximum atomic E-state index is 12.0. The number of nitrogens with zero attached hydrogens (tertiary/aromatic N) is 3. The van der Waals surface area contributed by atoms with Crippen LogP contribution in [0.4, 0.5) is 0 Å². The zero-order valence-corrected chi connectivity index (χ0v) is 14.4. The molecule has 0 radical (unpaired) electrons. The molecule has 122 valence electrons. The van der Waals surface area contributed by atoms with Crippen LogP contribution in [0.15, 0.2) is 64.6 Å². The Morgan fingerprint density at radius 2 is 2.04 bits per heavy atom. The Labute approximate surface area is 148 Å². The minimum absolute atomic E-state index is 0.232. The Morgan fingerprint density at radius 1 is 1.25 bits per heavy atom. The van der Waals surface area contributed by atoms with Crippen molar-refractivity contribution in [3.05, 3.63) is 65.6 Å². The normalized spacial score (nSPS) is 10.6. The standard InChI is InChI=1S/C17H14ClN3O2S/c1-2-23-17(22)13-11-15(24-12-7-4-3-5-8-12)21(20-13)14-9-6-10-19-16(14)18/h3-11H,2H2,1H3. The fourth-order valence-electron chi connectivity index (χ4n) is 2.06. The van der Waals surface area contributed by atoms with Crippen LogP contribution in [0.25, 0.3) is 5.69 Å². The molecule has 0 saturated heterocycles. The number of ether oxygens (including phenoxy) is 1. The van der Waals surface area contributed by atoms with E-state index in [1.165, 1.54) is 11.8 Å². The third-order valence-electron chi connectivity index (χ3n) is 3.09. The summed E-state index contributed by atoms with van der Waals surface area (Å²) in [5.41, 5.74) is 0.836. The van der Waals surface area contributed by atoms with Gasteiger partial charge in [-0.1, -0.05) is 41.6 Å². The van der Waals surface area contributed by atoms with Gasteiger partial charge in [0.15, 0.2) is 10.8 Å². The van der Waals surface area contributed by atoms with Gasteiger partial charge in [0.1, 0.15) is 10.7 Å². The van der Waals surface area contributed by atoms with Gasteiger partial charge in [0.05, 0.1) is 6.61 Å². The lowest BCUT2D eigenvalue weighted by Crippen LogP contribution is -2.07. The first-order valence-corrected chi connectivity index (χ1v) is 8.49. The molecule has 0 unspecified atom stereocenters. The van der Waals surface area contributed by atoms with Gasteiger partial charge in [0, 0.05) is 17.2 Å². The monoisotopic (exact) mass is 359 g/mol. The van der Waals surface area contributed by atoms with Gasteiger partial charge < -0.3 is 4.74 Å². The van der Waals surface area contributed by atoms with Crippen molar-refractivity contribution in [2.24, 2.45) is 0 Å². The molecule has 0 N–H and O–H groups in total. The summed E-state index contributed by atoms with van der Waals surface area (Å²) in [5.74, 6) is -0.467. The van der Waals surface area contributed by atoms with E-state index in [2.05, 4.69) is 10.1 Å². The number of benzene rings is 1. The lowest BCUT2D eigenvalue weighted by molar-refractivity contribution is 0.0519. The molecular formula is C17H14ClN3O2S. The minimum Gasteiger partial charge on any atom is -0.461 e. The smallest absolute Gasteiger partial charge is 0.358 e. The first-order valence-electron chi connectivity index (χ1n) is 7.30. The molecule has 5 nitrogen and oxygen atoms in total. The number of pyridine rings is 1. The predicted octanol–water partition coefficient (Wildman–Crippen LogP) is 4.25. The Bertz CT molecular complexity index is 852. The molecule has 0 saturated carbocycles. The zero-order valence-electron chi connectivity index (χ0n) is 12.8. The van der Waals surface area contributed by atoms with Crippen LogP contribution in [-0.4, -0.2) is 27.3 Å². The largest absolute Gasteiger partial charge is 0.461 e. The third-order valence-corrected chi connectivity index (χ3v) is 4.39. The van der Waals surface area contributed by atoms with Crippen molar-refractivity contribution < 1.29 is 9.53 Å². The molecule has 1 aromatic carbocycles. The van der Waals surface area contributed by atoms with Crippen molar-refractivity contribution >= 4 is 29.3 Å². The number of halogens is 1. The van der Waals surface area contributed by atoms with Crippen LogP contribution in [0.2, 0.25) is 5.15 Å². The molecule has 0 fully saturated rings. The van der Waals surface area contributed by atoms with Gasteiger partial charge >= 0.3 is 5.97 Å². The Morgan fingerprint density at radius 3 is 2.75 bits per heavy atom. The van der Waals surface area contributed by atoms with Gasteiger partial charge in [-0.15, -0.1) is 0 Å². The van der Waals surface area contributed by atoms with Crippen molar-refractivity contribution in [2.45, 2.75) is 16.8 Å². The molecular weight excluding hydrogens is 346 g/mol. The molecule has 0 aliphatic carbocycles. The summed E-state index contributed by atoms with van der Waals surface area (Å²) in [6.07, 6.45) is 1.60. The van der Waals surface area contributed by atoms with Gasteiger partial charge in [0.2, 0.25) is 0 Å². The van der Waals surface area contributed by atoms with Gasteiger partial charge in [-0.2, -0.15) is 5.10 Å². The summed E-state index contributed by atoms with van der Waals surface area (Å²) >= 11 is 7.67. The number of carbonyl (C=O) groups is 1. The summed E-state index contributed by atoms with van der Waals surface area (Å²) in [7, 11) is 0.